The van der Waals surface area contributed by atoms with E-state index in [2.05, 4.69) is 5.32 Å². The van der Waals surface area contributed by atoms with E-state index in [0.717, 1.165) is 29.7 Å². The predicted octanol–water partition coefficient (Wildman–Crippen LogP) is 4.07. The van der Waals surface area contributed by atoms with E-state index in [4.69, 9.17) is 4.74 Å². The zero-order valence-corrected chi connectivity index (χ0v) is 16.9. The Morgan fingerprint density at radius 1 is 1.14 bits per heavy atom. The number of methoxy groups -OCH3 is 1. The van der Waals surface area contributed by atoms with Crippen LogP contribution < -0.4 is 10.1 Å². The van der Waals surface area contributed by atoms with E-state index in [-0.39, 0.29) is 18.0 Å². The number of anilines is 1. The molecule has 1 heterocycles. The number of hydrogen-bond donors (Lipinski definition) is 1. The van der Waals surface area contributed by atoms with E-state index in [1.54, 1.807) is 33.3 Å². The average Bonchev–Trinajstić information content (AvgIpc) is 3.19. The van der Waals surface area contributed by atoms with Crippen LogP contribution in [-0.2, 0) is 0 Å². The van der Waals surface area contributed by atoms with Gasteiger partial charge >= 0.3 is 6.03 Å². The number of urea groups is 1. The van der Waals surface area contributed by atoms with Gasteiger partial charge in [0.1, 0.15) is 5.75 Å². The van der Waals surface area contributed by atoms with E-state index in [1.165, 1.54) is 4.90 Å². The number of hydrogen-bond acceptors (Lipinski definition) is 3. The number of rotatable bonds is 4. The zero-order valence-electron chi connectivity index (χ0n) is 16.9. The van der Waals surface area contributed by atoms with Gasteiger partial charge in [0.25, 0.3) is 5.91 Å². The summed E-state index contributed by atoms with van der Waals surface area (Å²) in [6, 6.07) is 13.1. The molecule has 2 aromatic carbocycles. The molecule has 0 saturated carbocycles. The van der Waals surface area contributed by atoms with E-state index < -0.39 is 0 Å². The number of nitrogens with zero attached hydrogens (tertiary/aromatic N) is 2. The molecule has 0 aromatic heterocycles. The molecule has 0 aliphatic carbocycles. The Morgan fingerprint density at radius 2 is 1.86 bits per heavy atom. The molecule has 1 N–H and O–H groups in total. The van der Waals surface area contributed by atoms with Gasteiger partial charge < -0.3 is 19.9 Å². The molecular weight excluding hydrogens is 354 g/mol. The van der Waals surface area contributed by atoms with Crippen LogP contribution in [0, 0.1) is 6.92 Å². The van der Waals surface area contributed by atoms with Crippen LogP contribution in [0.5, 0.6) is 5.75 Å². The highest BCUT2D eigenvalue weighted by Crippen LogP contribution is 2.33. The Balaban J connectivity index is 1.78. The van der Waals surface area contributed by atoms with Gasteiger partial charge in [-0.2, -0.15) is 0 Å². The minimum Gasteiger partial charge on any atom is -0.497 e. The van der Waals surface area contributed by atoms with Gasteiger partial charge in [0, 0.05) is 31.9 Å². The highest BCUT2D eigenvalue weighted by Gasteiger charge is 2.30. The molecule has 6 nitrogen and oxygen atoms in total. The molecule has 6 heteroatoms. The summed E-state index contributed by atoms with van der Waals surface area (Å²) in [5, 5.41) is 3.00. The molecule has 28 heavy (non-hydrogen) atoms. The normalized spacial score (nSPS) is 16.0. The molecular formula is C22H27N3O3. The lowest BCUT2D eigenvalue weighted by Gasteiger charge is -2.26. The first-order valence-corrected chi connectivity index (χ1v) is 9.44. The quantitative estimate of drug-likeness (QED) is 0.868. The fourth-order valence-corrected chi connectivity index (χ4v) is 3.52. The third-order valence-electron chi connectivity index (χ3n) is 5.15. The second-order valence-electron chi connectivity index (χ2n) is 7.28. The number of carbonyl (C=O) groups is 2. The molecule has 1 fully saturated rings. The number of ether oxygens (including phenoxy) is 1. The maximum atomic E-state index is 13.0. The Labute approximate surface area is 166 Å². The van der Waals surface area contributed by atoms with Crippen molar-refractivity contribution in [1.29, 1.82) is 0 Å². The molecule has 0 radical (unpaired) electrons. The second-order valence-corrected chi connectivity index (χ2v) is 7.28. The molecule has 1 aliphatic heterocycles. The van der Waals surface area contributed by atoms with E-state index in [9.17, 15) is 9.59 Å². The maximum Gasteiger partial charge on any atom is 0.322 e. The highest BCUT2D eigenvalue weighted by atomic mass is 16.5. The predicted molar refractivity (Wildman–Crippen MR) is 110 cm³/mol. The Bertz CT molecular complexity index is 862. The van der Waals surface area contributed by atoms with Crippen molar-refractivity contribution in [1.82, 2.24) is 9.80 Å². The summed E-state index contributed by atoms with van der Waals surface area (Å²) in [4.78, 5) is 28.6. The molecule has 148 valence electrons. The number of benzene rings is 2. The van der Waals surface area contributed by atoms with Gasteiger partial charge in [0.05, 0.1) is 13.2 Å². The summed E-state index contributed by atoms with van der Waals surface area (Å²) < 4.78 is 5.22. The van der Waals surface area contributed by atoms with Crippen molar-refractivity contribution >= 4 is 17.6 Å². The van der Waals surface area contributed by atoms with Crippen LogP contribution in [0.3, 0.4) is 0 Å². The fourth-order valence-electron chi connectivity index (χ4n) is 3.52. The van der Waals surface area contributed by atoms with Crippen LogP contribution in [-0.4, -0.2) is 49.5 Å². The van der Waals surface area contributed by atoms with E-state index >= 15 is 0 Å². The minimum absolute atomic E-state index is 0.0396. The smallest absolute Gasteiger partial charge is 0.322 e. The Morgan fingerprint density at radius 3 is 2.50 bits per heavy atom. The summed E-state index contributed by atoms with van der Waals surface area (Å²) in [6.45, 7) is 2.63. The van der Waals surface area contributed by atoms with Gasteiger partial charge in [0.2, 0.25) is 0 Å². The summed E-state index contributed by atoms with van der Waals surface area (Å²) in [6.07, 6.45) is 1.89. The molecule has 0 bridgehead atoms. The van der Waals surface area contributed by atoms with Gasteiger partial charge in [0.15, 0.2) is 0 Å². The number of aryl methyl sites for hydroxylation is 1. The monoisotopic (exact) mass is 381 g/mol. The molecule has 1 saturated heterocycles. The van der Waals surface area contributed by atoms with Gasteiger partial charge in [-0.05, 0) is 55.2 Å². The first kappa shape index (κ1) is 19.7. The van der Waals surface area contributed by atoms with Crippen molar-refractivity contribution in [3.05, 3.63) is 59.2 Å². The third-order valence-corrected chi connectivity index (χ3v) is 5.15. The molecule has 1 atom stereocenters. The van der Waals surface area contributed by atoms with Crippen LogP contribution in [0.1, 0.15) is 40.4 Å². The highest BCUT2D eigenvalue weighted by molar-refractivity contribution is 5.97. The van der Waals surface area contributed by atoms with Gasteiger partial charge in [-0.15, -0.1) is 0 Å². The number of amides is 3. The first-order valence-electron chi connectivity index (χ1n) is 9.44. The third kappa shape index (κ3) is 4.11. The first-order chi connectivity index (χ1) is 13.4. The van der Waals surface area contributed by atoms with Crippen LogP contribution in [0.15, 0.2) is 42.5 Å². The lowest BCUT2D eigenvalue weighted by Crippen LogP contribution is -2.34. The summed E-state index contributed by atoms with van der Waals surface area (Å²) in [7, 11) is 5.07. The summed E-state index contributed by atoms with van der Waals surface area (Å²) >= 11 is 0. The van der Waals surface area contributed by atoms with Crippen LogP contribution >= 0.6 is 0 Å². The molecule has 2 aromatic rings. The standard InChI is InChI=1S/C22H27N3O3/c1-15-7-8-17(21(26)24(2)3)14-19(15)23-22(27)25-13-5-6-20(25)16-9-11-18(28-4)12-10-16/h7-12,14,20H,5-6,13H2,1-4H3,(H,23,27)/t20-/m0/s1. The SMILES string of the molecule is COc1ccc([C@@H]2CCCN2C(=O)Nc2cc(C(=O)N(C)C)ccc2C)cc1. The van der Waals surface area contributed by atoms with Crippen molar-refractivity contribution < 1.29 is 14.3 Å². The Kier molecular flexibility index (Phi) is 5.87. The minimum atomic E-state index is -0.143. The molecule has 1 aliphatic rings. The number of carbonyl (C=O) groups excluding carboxylic acids is 2. The van der Waals surface area contributed by atoms with Crippen LogP contribution in [0.2, 0.25) is 0 Å². The topological polar surface area (TPSA) is 61.9 Å². The Hall–Kier alpha value is -3.02. The van der Waals surface area contributed by atoms with E-state index in [1.807, 2.05) is 42.2 Å². The fraction of sp³-hybridized carbons (Fsp3) is 0.364. The van der Waals surface area contributed by atoms with Crippen molar-refractivity contribution in [3.63, 3.8) is 0 Å². The van der Waals surface area contributed by atoms with Crippen molar-refractivity contribution in [2.24, 2.45) is 0 Å². The lowest BCUT2D eigenvalue weighted by molar-refractivity contribution is 0.0827. The van der Waals surface area contributed by atoms with Crippen LogP contribution in [0.4, 0.5) is 10.5 Å². The summed E-state index contributed by atoms with van der Waals surface area (Å²) in [5.41, 5.74) is 3.24. The summed E-state index contributed by atoms with van der Waals surface area (Å²) in [5.74, 6) is 0.712. The van der Waals surface area contributed by atoms with Crippen molar-refractivity contribution in [2.75, 3.05) is 33.1 Å². The maximum absolute atomic E-state index is 13.0. The van der Waals surface area contributed by atoms with Gasteiger partial charge in [-0.25, -0.2) is 4.79 Å². The van der Waals surface area contributed by atoms with Crippen molar-refractivity contribution in [3.8, 4) is 5.75 Å². The lowest BCUT2D eigenvalue weighted by atomic mass is 10.0. The number of nitrogens with one attached hydrogen (secondary N) is 1. The largest absolute Gasteiger partial charge is 0.497 e. The second kappa shape index (κ2) is 8.33. The van der Waals surface area contributed by atoms with Gasteiger partial charge in [-0.1, -0.05) is 18.2 Å². The molecule has 0 unspecified atom stereocenters. The van der Waals surface area contributed by atoms with Gasteiger partial charge in [-0.3, -0.25) is 4.79 Å². The average molecular weight is 381 g/mol. The zero-order chi connectivity index (χ0) is 20.3. The van der Waals surface area contributed by atoms with Crippen LogP contribution in [0.25, 0.3) is 0 Å². The molecule has 3 amide bonds. The molecule has 3 rings (SSSR count). The van der Waals surface area contributed by atoms with Crippen molar-refractivity contribution in [2.45, 2.75) is 25.8 Å². The van der Waals surface area contributed by atoms with E-state index in [0.29, 0.717) is 17.8 Å². The number of likely N-dealkylation sites (tertiary alicyclic amines) is 1. The molecule has 0 spiro atoms.